The largest absolute Gasteiger partial charge is 0.472 e. The van der Waals surface area contributed by atoms with Crippen LogP contribution >= 0.6 is 7.82 Å². The second-order valence-corrected chi connectivity index (χ2v) is 16.8. The quantitative estimate of drug-likeness (QED) is 0.0202. The van der Waals surface area contributed by atoms with Crippen LogP contribution in [0.15, 0.2) is 12.2 Å². The number of unbranched alkanes of at least 4 members (excludes halogenated alkanes) is 23. The lowest BCUT2D eigenvalue weighted by atomic mass is 10.0. The fraction of sp³-hybridized carbons (Fsp3) is 0.907. The van der Waals surface area contributed by atoms with Crippen LogP contribution in [0.3, 0.4) is 0 Å². The van der Waals surface area contributed by atoms with Gasteiger partial charge in [0.1, 0.15) is 6.61 Å². The van der Waals surface area contributed by atoms with Crippen LogP contribution in [-0.2, 0) is 37.4 Å². The molecule has 10 nitrogen and oxygen atoms in total. The summed E-state index contributed by atoms with van der Waals surface area (Å²) < 4.78 is 38.5. The normalized spacial score (nSPS) is 17.1. The number of phosphoric acid groups is 1. The number of ether oxygens (including phenoxy) is 3. The molecule has 4 atom stereocenters. The van der Waals surface area contributed by atoms with Crippen molar-refractivity contribution in [3.63, 3.8) is 0 Å². The molecule has 0 amide bonds. The first kappa shape index (κ1) is 50.7. The monoisotopic (exact) mass is 788 g/mol. The Kier molecular flexibility index (Phi) is 33.9. The molecule has 1 saturated heterocycles. The van der Waals surface area contributed by atoms with Crippen molar-refractivity contribution in [1.29, 1.82) is 0 Å². The summed E-state index contributed by atoms with van der Waals surface area (Å²) in [6, 6.07) is 0. The molecule has 0 bridgehead atoms. The summed E-state index contributed by atoms with van der Waals surface area (Å²) in [6.45, 7) is 3.71. The van der Waals surface area contributed by atoms with Crippen LogP contribution in [-0.4, -0.2) is 61.5 Å². The van der Waals surface area contributed by atoms with Crippen LogP contribution in [0.1, 0.15) is 206 Å². The molecule has 318 valence electrons. The number of allylic oxidation sites excluding steroid dienone is 1. The van der Waals surface area contributed by atoms with Gasteiger partial charge in [0.15, 0.2) is 6.10 Å². The number of hydrogen-bond acceptors (Lipinski definition) is 9. The Morgan fingerprint density at radius 2 is 1.15 bits per heavy atom. The summed E-state index contributed by atoms with van der Waals surface area (Å²) in [7, 11) is -4.38. The van der Waals surface area contributed by atoms with Crippen molar-refractivity contribution < 1.29 is 42.3 Å². The van der Waals surface area contributed by atoms with Crippen molar-refractivity contribution in [1.82, 2.24) is 0 Å². The van der Waals surface area contributed by atoms with Gasteiger partial charge in [-0.05, 0) is 38.5 Å². The highest BCUT2D eigenvalue weighted by Crippen LogP contribution is 2.43. The van der Waals surface area contributed by atoms with Crippen LogP contribution in [0, 0.1) is 0 Å². The lowest BCUT2D eigenvalue weighted by Crippen LogP contribution is -2.29. The van der Waals surface area contributed by atoms with Crippen molar-refractivity contribution in [2.45, 2.75) is 225 Å². The lowest BCUT2D eigenvalue weighted by molar-refractivity contribution is -0.161. The minimum atomic E-state index is -4.38. The van der Waals surface area contributed by atoms with E-state index in [4.69, 9.17) is 29.0 Å². The number of hydrogen-bond donors (Lipinski definition) is 2. The molecule has 0 spiro atoms. The van der Waals surface area contributed by atoms with Crippen LogP contribution in [0.2, 0.25) is 0 Å². The molecule has 0 aliphatic carbocycles. The van der Waals surface area contributed by atoms with Gasteiger partial charge in [0.25, 0.3) is 0 Å². The van der Waals surface area contributed by atoms with Gasteiger partial charge < -0.3 is 24.8 Å². The Hall–Kier alpha value is -1.29. The van der Waals surface area contributed by atoms with Gasteiger partial charge in [0.2, 0.25) is 0 Å². The predicted molar refractivity (Wildman–Crippen MR) is 219 cm³/mol. The van der Waals surface area contributed by atoms with Crippen molar-refractivity contribution in [3.05, 3.63) is 12.2 Å². The molecule has 1 aliphatic rings. The molecule has 1 aliphatic heterocycles. The first-order chi connectivity index (χ1) is 26.3. The zero-order valence-corrected chi connectivity index (χ0v) is 35.6. The van der Waals surface area contributed by atoms with Crippen LogP contribution in [0.4, 0.5) is 0 Å². The predicted octanol–water partition coefficient (Wildman–Crippen LogP) is 11.6. The van der Waals surface area contributed by atoms with Gasteiger partial charge in [-0.2, -0.15) is 0 Å². The van der Waals surface area contributed by atoms with E-state index in [2.05, 4.69) is 26.0 Å². The third-order valence-corrected chi connectivity index (χ3v) is 11.1. The van der Waals surface area contributed by atoms with E-state index < -0.39 is 32.5 Å². The van der Waals surface area contributed by atoms with Crippen LogP contribution in [0.25, 0.3) is 0 Å². The average Bonchev–Trinajstić information content (AvgIpc) is 3.91. The minimum absolute atomic E-state index is 0.0518. The van der Waals surface area contributed by atoms with Gasteiger partial charge in [-0.3, -0.25) is 18.6 Å². The van der Waals surface area contributed by atoms with E-state index in [0.717, 1.165) is 51.4 Å². The highest BCUT2D eigenvalue weighted by atomic mass is 31.2. The van der Waals surface area contributed by atoms with Crippen molar-refractivity contribution in [3.8, 4) is 0 Å². The summed E-state index contributed by atoms with van der Waals surface area (Å²) in [5.74, 6) is -0.840. The molecule has 0 aromatic rings. The smallest absolute Gasteiger partial charge is 0.462 e. The van der Waals surface area contributed by atoms with Gasteiger partial charge in [-0.15, -0.1) is 0 Å². The number of carbonyl (C=O) groups is 2. The first-order valence-electron chi connectivity index (χ1n) is 22.3. The minimum Gasteiger partial charge on any atom is -0.462 e. The maximum atomic E-state index is 12.6. The van der Waals surface area contributed by atoms with Crippen molar-refractivity contribution in [2.75, 3.05) is 26.4 Å². The number of esters is 2. The Labute approximate surface area is 330 Å². The maximum absolute atomic E-state index is 12.6. The summed E-state index contributed by atoms with van der Waals surface area (Å²) in [5, 5.41) is 0. The SMILES string of the molecule is CCCCCCCCCCCCCCCCCCCC(=O)O[C@H](COC(=O)CCCCCCC/C=C\CC1OC1CCCCC)COP(=O)(O)OCCN. The number of rotatable bonds is 41. The molecule has 3 unspecified atom stereocenters. The molecule has 1 rings (SSSR count). The zero-order chi connectivity index (χ0) is 39.4. The fourth-order valence-electron chi connectivity index (χ4n) is 6.64. The number of nitrogens with two attached hydrogens (primary N) is 1. The fourth-order valence-corrected chi connectivity index (χ4v) is 7.41. The number of epoxide rings is 1. The molecule has 0 saturated carbocycles. The third kappa shape index (κ3) is 32.9. The molecule has 11 heteroatoms. The average molecular weight is 788 g/mol. The van der Waals surface area contributed by atoms with E-state index >= 15 is 0 Å². The lowest BCUT2D eigenvalue weighted by Gasteiger charge is -2.19. The Morgan fingerprint density at radius 1 is 0.648 bits per heavy atom. The second-order valence-electron chi connectivity index (χ2n) is 15.3. The Bertz CT molecular complexity index is 965. The zero-order valence-electron chi connectivity index (χ0n) is 34.7. The molecule has 0 aromatic carbocycles. The summed E-state index contributed by atoms with van der Waals surface area (Å²) in [4.78, 5) is 34.9. The van der Waals surface area contributed by atoms with E-state index in [1.807, 2.05) is 0 Å². The molecule has 1 heterocycles. The van der Waals surface area contributed by atoms with E-state index in [9.17, 15) is 19.0 Å². The highest BCUT2D eigenvalue weighted by molar-refractivity contribution is 7.47. The first-order valence-corrected chi connectivity index (χ1v) is 23.8. The number of phosphoric ester groups is 1. The van der Waals surface area contributed by atoms with E-state index in [1.54, 1.807) is 0 Å². The Morgan fingerprint density at radius 3 is 1.70 bits per heavy atom. The molecular formula is C43H82NO9P. The van der Waals surface area contributed by atoms with Crippen LogP contribution in [0.5, 0.6) is 0 Å². The van der Waals surface area contributed by atoms with E-state index in [0.29, 0.717) is 25.0 Å². The molecular weight excluding hydrogens is 705 g/mol. The van der Waals surface area contributed by atoms with Crippen molar-refractivity contribution in [2.24, 2.45) is 5.73 Å². The van der Waals surface area contributed by atoms with Gasteiger partial charge in [0.05, 0.1) is 25.4 Å². The highest BCUT2D eigenvalue weighted by Gasteiger charge is 2.36. The topological polar surface area (TPSA) is 147 Å². The van der Waals surface area contributed by atoms with Gasteiger partial charge in [0, 0.05) is 19.4 Å². The maximum Gasteiger partial charge on any atom is 0.472 e. The summed E-state index contributed by atoms with van der Waals surface area (Å²) >= 11 is 0. The summed E-state index contributed by atoms with van der Waals surface area (Å²) in [6.07, 6.45) is 38.4. The Balaban J connectivity index is 2.15. The molecule has 1 fully saturated rings. The molecule has 3 N–H and O–H groups in total. The van der Waals surface area contributed by atoms with Gasteiger partial charge in [-0.25, -0.2) is 4.57 Å². The third-order valence-electron chi connectivity index (χ3n) is 10.1. The molecule has 0 aromatic heterocycles. The van der Waals surface area contributed by atoms with E-state index in [-0.39, 0.29) is 32.6 Å². The molecule has 54 heavy (non-hydrogen) atoms. The van der Waals surface area contributed by atoms with Gasteiger partial charge >= 0.3 is 19.8 Å². The van der Waals surface area contributed by atoms with Crippen molar-refractivity contribution >= 4 is 19.8 Å². The molecule has 0 radical (unpaired) electrons. The van der Waals surface area contributed by atoms with Crippen LogP contribution < -0.4 is 5.73 Å². The second kappa shape index (κ2) is 36.1. The summed E-state index contributed by atoms with van der Waals surface area (Å²) in [5.41, 5.74) is 5.35. The number of carbonyl (C=O) groups excluding carboxylic acids is 2. The van der Waals surface area contributed by atoms with E-state index in [1.165, 1.54) is 116 Å². The standard InChI is InChI=1S/C43H82NO9P/c1-3-5-7-8-9-10-11-12-13-14-15-16-17-18-23-26-30-34-43(46)52-39(38-51-54(47,48)50-36-35-44)37-49-42(45)33-29-25-22-20-19-21-24-28-32-41-40(53-41)31-27-6-4-2/h24,28,39-41H,3-23,25-27,29-38,44H2,1-2H3,(H,47,48)/b28-24-/t39-,40?,41?/m1/s1. The van der Waals surface area contributed by atoms with Gasteiger partial charge in [-0.1, -0.05) is 167 Å².